The zero-order valence-electron chi connectivity index (χ0n) is 5.59. The molecule has 2 rings (SSSR count). The van der Waals surface area contributed by atoms with Gasteiger partial charge >= 0.3 is 0 Å². The van der Waals surface area contributed by atoms with Crippen molar-refractivity contribution >= 4 is 6.29 Å². The molecule has 1 aliphatic rings. The zero-order chi connectivity index (χ0) is 6.97. The molecule has 0 unspecified atom stereocenters. The highest BCUT2D eigenvalue weighted by atomic mass is 16.3. The molecule has 0 bridgehead atoms. The van der Waals surface area contributed by atoms with Crippen molar-refractivity contribution in [1.29, 1.82) is 0 Å². The second-order valence-corrected chi connectivity index (χ2v) is 2.57. The fraction of sp³-hybridized carbons (Fsp3) is 0.375. The van der Waals surface area contributed by atoms with Gasteiger partial charge in [-0.05, 0) is 24.5 Å². The lowest BCUT2D eigenvalue weighted by atomic mass is 10.2. The summed E-state index contributed by atoms with van der Waals surface area (Å²) in [5.74, 6) is 1.49. The number of aryl methyl sites for hydroxylation is 2. The van der Waals surface area contributed by atoms with E-state index in [0.717, 1.165) is 24.9 Å². The largest absolute Gasteiger partial charge is 0.458 e. The average molecular weight is 136 g/mol. The summed E-state index contributed by atoms with van der Waals surface area (Å²) >= 11 is 0. The van der Waals surface area contributed by atoms with E-state index in [1.807, 2.05) is 6.07 Å². The Labute approximate surface area is 58.8 Å². The minimum absolute atomic E-state index is 0.477. The third-order valence-corrected chi connectivity index (χ3v) is 1.88. The van der Waals surface area contributed by atoms with Crippen LogP contribution in [0.25, 0.3) is 0 Å². The van der Waals surface area contributed by atoms with Gasteiger partial charge in [0.25, 0.3) is 0 Å². The number of rotatable bonds is 1. The lowest BCUT2D eigenvalue weighted by Gasteiger charge is -1.82. The molecule has 0 fully saturated rings. The first-order valence-electron chi connectivity index (χ1n) is 3.47. The Kier molecular flexibility index (Phi) is 1.13. The molecule has 1 heterocycles. The molecule has 0 saturated heterocycles. The first-order chi connectivity index (χ1) is 4.90. The number of hydrogen-bond acceptors (Lipinski definition) is 2. The summed E-state index contributed by atoms with van der Waals surface area (Å²) in [6, 6.07) is 1.84. The van der Waals surface area contributed by atoms with Crippen molar-refractivity contribution in [3.63, 3.8) is 0 Å². The van der Waals surface area contributed by atoms with Gasteiger partial charge in [-0.3, -0.25) is 4.79 Å². The highest BCUT2D eigenvalue weighted by molar-refractivity contribution is 5.71. The maximum atomic E-state index is 10.2. The van der Waals surface area contributed by atoms with Crippen molar-refractivity contribution in [3.8, 4) is 0 Å². The van der Waals surface area contributed by atoms with Crippen LogP contribution in [0, 0.1) is 0 Å². The summed E-state index contributed by atoms with van der Waals surface area (Å²) in [4.78, 5) is 10.2. The molecule has 1 aromatic heterocycles. The number of aldehydes is 1. The predicted octanol–water partition coefficient (Wildman–Crippen LogP) is 1.58. The number of carbonyl (C=O) groups is 1. The van der Waals surface area contributed by atoms with Crippen molar-refractivity contribution in [2.45, 2.75) is 19.3 Å². The monoisotopic (exact) mass is 136 g/mol. The van der Waals surface area contributed by atoms with Crippen LogP contribution in [0.4, 0.5) is 0 Å². The fourth-order valence-electron chi connectivity index (χ4n) is 1.41. The molecule has 0 saturated carbocycles. The topological polar surface area (TPSA) is 30.2 Å². The predicted molar refractivity (Wildman–Crippen MR) is 36.1 cm³/mol. The molecular formula is C8H8O2. The third-order valence-electron chi connectivity index (χ3n) is 1.88. The summed E-state index contributed by atoms with van der Waals surface area (Å²) < 4.78 is 5.21. The van der Waals surface area contributed by atoms with Gasteiger partial charge in [-0.25, -0.2) is 0 Å². The Morgan fingerprint density at radius 2 is 2.40 bits per heavy atom. The smallest absolute Gasteiger partial charge is 0.185 e. The van der Waals surface area contributed by atoms with Crippen molar-refractivity contribution in [2.75, 3.05) is 0 Å². The summed E-state index contributed by atoms with van der Waals surface area (Å²) in [6.45, 7) is 0. The van der Waals surface area contributed by atoms with Crippen LogP contribution in [0.2, 0.25) is 0 Å². The maximum Gasteiger partial charge on any atom is 0.185 e. The number of hydrogen-bond donors (Lipinski definition) is 0. The molecule has 2 heteroatoms. The van der Waals surface area contributed by atoms with Gasteiger partial charge in [0, 0.05) is 6.42 Å². The van der Waals surface area contributed by atoms with Crippen LogP contribution in [0.5, 0.6) is 0 Å². The number of carbonyl (C=O) groups excluding carboxylic acids is 1. The minimum atomic E-state index is 0.477. The van der Waals surface area contributed by atoms with E-state index >= 15 is 0 Å². The minimum Gasteiger partial charge on any atom is -0.458 e. The van der Waals surface area contributed by atoms with Crippen LogP contribution in [0.1, 0.15) is 28.3 Å². The first-order valence-corrected chi connectivity index (χ1v) is 3.47. The van der Waals surface area contributed by atoms with Gasteiger partial charge in [0.15, 0.2) is 12.0 Å². The normalized spacial score (nSPS) is 15.2. The molecule has 0 N–H and O–H groups in total. The quantitative estimate of drug-likeness (QED) is 0.548. The van der Waals surface area contributed by atoms with Gasteiger partial charge in [0.1, 0.15) is 5.76 Å². The fourth-order valence-corrected chi connectivity index (χ4v) is 1.41. The highest BCUT2D eigenvalue weighted by Crippen LogP contribution is 2.24. The summed E-state index contributed by atoms with van der Waals surface area (Å²) in [6.07, 6.45) is 4.02. The van der Waals surface area contributed by atoms with E-state index < -0.39 is 0 Å². The Hall–Kier alpha value is -1.05. The Balaban J connectivity index is 2.46. The van der Waals surface area contributed by atoms with Crippen LogP contribution in [0.15, 0.2) is 10.5 Å². The second kappa shape index (κ2) is 1.97. The van der Waals surface area contributed by atoms with E-state index in [9.17, 15) is 4.79 Å². The third kappa shape index (κ3) is 0.685. The van der Waals surface area contributed by atoms with Crippen LogP contribution >= 0.6 is 0 Å². The van der Waals surface area contributed by atoms with Crippen LogP contribution in [0.3, 0.4) is 0 Å². The average Bonchev–Trinajstić information content (AvgIpc) is 2.42. The molecule has 0 aliphatic heterocycles. The summed E-state index contributed by atoms with van der Waals surface area (Å²) in [7, 11) is 0. The molecule has 2 nitrogen and oxygen atoms in total. The molecule has 0 atom stereocenters. The van der Waals surface area contributed by atoms with E-state index in [-0.39, 0.29) is 0 Å². The van der Waals surface area contributed by atoms with Crippen LogP contribution in [-0.2, 0) is 12.8 Å². The van der Waals surface area contributed by atoms with Gasteiger partial charge in [-0.2, -0.15) is 0 Å². The zero-order valence-corrected chi connectivity index (χ0v) is 5.59. The Bertz CT molecular complexity index is 239. The number of fused-ring (bicyclic) bond motifs is 1. The SMILES string of the molecule is O=Cc1cc2c(o1)CCC2. The Morgan fingerprint density at radius 1 is 1.50 bits per heavy atom. The number of furan rings is 1. The Morgan fingerprint density at radius 3 is 3.10 bits per heavy atom. The van der Waals surface area contributed by atoms with Gasteiger partial charge in [-0.15, -0.1) is 0 Å². The highest BCUT2D eigenvalue weighted by Gasteiger charge is 2.15. The van der Waals surface area contributed by atoms with Crippen LogP contribution < -0.4 is 0 Å². The van der Waals surface area contributed by atoms with E-state index in [2.05, 4.69) is 0 Å². The second-order valence-electron chi connectivity index (χ2n) is 2.57. The van der Waals surface area contributed by atoms with Crippen molar-refractivity contribution in [3.05, 3.63) is 23.2 Å². The molecular weight excluding hydrogens is 128 g/mol. The van der Waals surface area contributed by atoms with E-state index in [1.165, 1.54) is 12.0 Å². The van der Waals surface area contributed by atoms with Crippen molar-refractivity contribution in [2.24, 2.45) is 0 Å². The van der Waals surface area contributed by atoms with E-state index in [4.69, 9.17) is 4.42 Å². The molecule has 1 aliphatic carbocycles. The van der Waals surface area contributed by atoms with Crippen molar-refractivity contribution < 1.29 is 9.21 Å². The van der Waals surface area contributed by atoms with Gasteiger partial charge in [0.05, 0.1) is 0 Å². The van der Waals surface area contributed by atoms with Crippen molar-refractivity contribution in [1.82, 2.24) is 0 Å². The van der Waals surface area contributed by atoms with Gasteiger partial charge in [-0.1, -0.05) is 0 Å². The van der Waals surface area contributed by atoms with Crippen LogP contribution in [-0.4, -0.2) is 6.29 Å². The summed E-state index contributed by atoms with van der Waals surface area (Å²) in [5.41, 5.74) is 1.22. The molecule has 0 spiro atoms. The lowest BCUT2D eigenvalue weighted by Crippen LogP contribution is -1.74. The van der Waals surface area contributed by atoms with Gasteiger partial charge in [0.2, 0.25) is 0 Å². The van der Waals surface area contributed by atoms with E-state index in [0.29, 0.717) is 5.76 Å². The molecule has 0 radical (unpaired) electrons. The van der Waals surface area contributed by atoms with Gasteiger partial charge < -0.3 is 4.42 Å². The molecule has 0 amide bonds. The maximum absolute atomic E-state index is 10.2. The summed E-state index contributed by atoms with van der Waals surface area (Å²) in [5, 5.41) is 0. The first kappa shape index (κ1) is 5.71. The standard InChI is InChI=1S/C8H8O2/c9-5-7-4-6-2-1-3-8(6)10-7/h4-5H,1-3H2. The molecule has 10 heavy (non-hydrogen) atoms. The molecule has 52 valence electrons. The van der Waals surface area contributed by atoms with E-state index in [1.54, 1.807) is 0 Å². The molecule has 1 aromatic rings. The lowest BCUT2D eigenvalue weighted by molar-refractivity contribution is 0.109. The molecule has 0 aromatic carbocycles.